The van der Waals surface area contributed by atoms with Crippen molar-refractivity contribution in [3.8, 4) is 0 Å². The van der Waals surface area contributed by atoms with Gasteiger partial charge in [0, 0.05) is 7.11 Å². The second-order valence-corrected chi connectivity index (χ2v) is 2.79. The summed E-state index contributed by atoms with van der Waals surface area (Å²) < 4.78 is 9.28. The van der Waals surface area contributed by atoms with E-state index in [-0.39, 0.29) is 19.8 Å². The minimum atomic E-state index is -1.14. The second-order valence-electron chi connectivity index (χ2n) is 2.79. The summed E-state index contributed by atoms with van der Waals surface area (Å²) in [4.78, 5) is 21.1. The fraction of sp³-hybridized carbons (Fsp3) is 0.750. The molecule has 0 aliphatic rings. The van der Waals surface area contributed by atoms with Crippen molar-refractivity contribution < 1.29 is 29.3 Å². The van der Waals surface area contributed by atoms with Crippen molar-refractivity contribution in [2.75, 3.05) is 33.5 Å². The molecule has 0 aromatic rings. The highest BCUT2D eigenvalue weighted by Crippen LogP contribution is 1.84. The number of aliphatic hydroxyl groups is 1. The van der Waals surface area contributed by atoms with Gasteiger partial charge < -0.3 is 25.0 Å². The Balaban J connectivity index is 3.66. The van der Waals surface area contributed by atoms with E-state index in [9.17, 15) is 9.59 Å². The van der Waals surface area contributed by atoms with Crippen molar-refractivity contribution in [2.45, 2.75) is 6.04 Å². The fourth-order valence-corrected chi connectivity index (χ4v) is 0.842. The topological polar surface area (TPSA) is 105 Å². The molecule has 0 bridgehead atoms. The first kappa shape index (κ1) is 13.8. The molecule has 0 aliphatic heterocycles. The van der Waals surface area contributed by atoms with Crippen molar-refractivity contribution in [1.82, 2.24) is 5.32 Å². The molecule has 3 N–H and O–H groups in total. The lowest BCUT2D eigenvalue weighted by Crippen LogP contribution is -2.42. The Hall–Kier alpha value is -1.18. The molecule has 0 spiro atoms. The SMILES string of the molecule is COCC(CO)NC(=O)COCC(=O)O. The van der Waals surface area contributed by atoms with E-state index < -0.39 is 24.5 Å². The maximum absolute atomic E-state index is 11.1. The lowest BCUT2D eigenvalue weighted by atomic mass is 10.3. The number of carboxylic acid groups (broad SMARTS) is 1. The van der Waals surface area contributed by atoms with Crippen LogP contribution >= 0.6 is 0 Å². The van der Waals surface area contributed by atoms with Crippen LogP contribution in [0.3, 0.4) is 0 Å². The van der Waals surface area contributed by atoms with Crippen molar-refractivity contribution >= 4 is 11.9 Å². The van der Waals surface area contributed by atoms with Gasteiger partial charge in [-0.2, -0.15) is 0 Å². The van der Waals surface area contributed by atoms with Crippen LogP contribution in [0.1, 0.15) is 0 Å². The first-order valence-corrected chi connectivity index (χ1v) is 4.28. The van der Waals surface area contributed by atoms with Gasteiger partial charge in [-0.15, -0.1) is 0 Å². The number of hydrogen-bond donors (Lipinski definition) is 3. The molecule has 7 heteroatoms. The Kier molecular flexibility index (Phi) is 7.51. The van der Waals surface area contributed by atoms with Crippen LogP contribution in [-0.2, 0) is 19.1 Å². The Bertz CT molecular complexity index is 207. The summed E-state index contributed by atoms with van der Waals surface area (Å²) in [6.45, 7) is -0.951. The van der Waals surface area contributed by atoms with Gasteiger partial charge in [0.25, 0.3) is 0 Å². The molecule has 7 nitrogen and oxygen atoms in total. The molecule has 0 aromatic heterocycles. The number of amides is 1. The van der Waals surface area contributed by atoms with Crippen LogP contribution in [0.5, 0.6) is 0 Å². The van der Waals surface area contributed by atoms with Crippen LogP contribution in [0.4, 0.5) is 0 Å². The van der Waals surface area contributed by atoms with E-state index in [1.165, 1.54) is 7.11 Å². The highest BCUT2D eigenvalue weighted by atomic mass is 16.5. The third kappa shape index (κ3) is 7.86. The molecule has 0 aromatic carbocycles. The van der Waals surface area contributed by atoms with E-state index in [2.05, 4.69) is 10.1 Å². The molecule has 1 atom stereocenters. The summed E-state index contributed by atoms with van der Waals surface area (Å²) in [5.41, 5.74) is 0. The van der Waals surface area contributed by atoms with Crippen LogP contribution in [0.25, 0.3) is 0 Å². The van der Waals surface area contributed by atoms with E-state index in [1.807, 2.05) is 0 Å². The predicted molar refractivity (Wildman–Crippen MR) is 49.3 cm³/mol. The van der Waals surface area contributed by atoms with E-state index in [4.69, 9.17) is 14.9 Å². The number of rotatable bonds is 8. The van der Waals surface area contributed by atoms with E-state index in [0.717, 1.165) is 0 Å². The lowest BCUT2D eigenvalue weighted by Gasteiger charge is -2.14. The van der Waals surface area contributed by atoms with Crippen molar-refractivity contribution in [3.63, 3.8) is 0 Å². The van der Waals surface area contributed by atoms with Crippen molar-refractivity contribution in [3.05, 3.63) is 0 Å². The van der Waals surface area contributed by atoms with Gasteiger partial charge in [0.15, 0.2) is 0 Å². The van der Waals surface area contributed by atoms with Gasteiger partial charge in [-0.05, 0) is 0 Å². The largest absolute Gasteiger partial charge is 0.480 e. The van der Waals surface area contributed by atoms with E-state index in [1.54, 1.807) is 0 Å². The number of hydrogen-bond acceptors (Lipinski definition) is 5. The molecule has 0 saturated heterocycles. The Labute approximate surface area is 87.0 Å². The van der Waals surface area contributed by atoms with Gasteiger partial charge in [-0.25, -0.2) is 4.79 Å². The van der Waals surface area contributed by atoms with Crippen LogP contribution in [0.15, 0.2) is 0 Å². The maximum atomic E-state index is 11.1. The quantitative estimate of drug-likeness (QED) is 0.447. The van der Waals surface area contributed by atoms with Crippen LogP contribution in [0, 0.1) is 0 Å². The number of methoxy groups -OCH3 is 1. The minimum Gasteiger partial charge on any atom is -0.480 e. The molecular weight excluding hydrogens is 206 g/mol. The number of ether oxygens (including phenoxy) is 2. The van der Waals surface area contributed by atoms with Gasteiger partial charge in [0.1, 0.15) is 13.2 Å². The molecular formula is C8H15NO6. The second kappa shape index (κ2) is 8.16. The molecule has 1 amide bonds. The highest BCUT2D eigenvalue weighted by molar-refractivity contribution is 5.78. The zero-order valence-electron chi connectivity index (χ0n) is 8.43. The first-order chi connectivity index (χ1) is 7.10. The van der Waals surface area contributed by atoms with Gasteiger partial charge >= 0.3 is 5.97 Å². The molecule has 1 unspecified atom stereocenters. The third-order valence-corrected chi connectivity index (χ3v) is 1.41. The normalized spacial score (nSPS) is 12.1. The molecule has 0 aliphatic carbocycles. The zero-order valence-corrected chi connectivity index (χ0v) is 8.43. The molecule has 15 heavy (non-hydrogen) atoms. The Morgan fingerprint density at radius 3 is 2.53 bits per heavy atom. The molecule has 0 radical (unpaired) electrons. The summed E-state index contributed by atoms with van der Waals surface area (Å²) in [6.07, 6.45) is 0. The van der Waals surface area contributed by atoms with Gasteiger partial charge in [0.2, 0.25) is 5.91 Å². The summed E-state index contributed by atoms with van der Waals surface area (Å²) in [6, 6.07) is -0.504. The Morgan fingerprint density at radius 2 is 2.07 bits per heavy atom. The number of carbonyl (C=O) groups is 2. The number of carboxylic acids is 1. The third-order valence-electron chi connectivity index (χ3n) is 1.41. The number of aliphatic carboxylic acids is 1. The van der Waals surface area contributed by atoms with Crippen LogP contribution < -0.4 is 5.32 Å². The van der Waals surface area contributed by atoms with Crippen LogP contribution in [0.2, 0.25) is 0 Å². The molecule has 0 fully saturated rings. The standard InChI is InChI=1S/C8H15NO6/c1-14-3-6(2-10)9-7(11)4-15-5-8(12)13/h6,10H,2-5H2,1H3,(H,9,11)(H,12,13). The number of aliphatic hydroxyl groups excluding tert-OH is 1. The van der Waals surface area contributed by atoms with Gasteiger partial charge in [-0.1, -0.05) is 0 Å². The molecule has 0 heterocycles. The van der Waals surface area contributed by atoms with Crippen molar-refractivity contribution in [1.29, 1.82) is 0 Å². The highest BCUT2D eigenvalue weighted by Gasteiger charge is 2.11. The average molecular weight is 221 g/mol. The first-order valence-electron chi connectivity index (χ1n) is 4.28. The number of carbonyl (C=O) groups excluding carboxylic acids is 1. The smallest absolute Gasteiger partial charge is 0.329 e. The predicted octanol–water partition coefficient (Wildman–Crippen LogP) is -1.79. The number of nitrogens with one attached hydrogen (secondary N) is 1. The van der Waals surface area contributed by atoms with Crippen molar-refractivity contribution in [2.24, 2.45) is 0 Å². The molecule has 0 rings (SSSR count). The minimum absolute atomic E-state index is 0.182. The molecule has 88 valence electrons. The average Bonchev–Trinajstić information content (AvgIpc) is 2.16. The summed E-state index contributed by atoms with van der Waals surface area (Å²) in [5, 5.41) is 19.4. The monoisotopic (exact) mass is 221 g/mol. The summed E-state index contributed by atoms with van der Waals surface area (Å²) >= 11 is 0. The van der Waals surface area contributed by atoms with Gasteiger partial charge in [-0.3, -0.25) is 4.79 Å². The van der Waals surface area contributed by atoms with Crippen LogP contribution in [-0.4, -0.2) is 61.7 Å². The maximum Gasteiger partial charge on any atom is 0.329 e. The lowest BCUT2D eigenvalue weighted by molar-refractivity contribution is -0.143. The molecule has 0 saturated carbocycles. The van der Waals surface area contributed by atoms with Gasteiger partial charge in [0.05, 0.1) is 19.3 Å². The van der Waals surface area contributed by atoms with E-state index in [0.29, 0.717) is 0 Å². The zero-order chi connectivity index (χ0) is 11.7. The Morgan fingerprint density at radius 1 is 1.40 bits per heavy atom. The summed E-state index contributed by atoms with van der Waals surface area (Å²) in [7, 11) is 1.44. The van der Waals surface area contributed by atoms with E-state index >= 15 is 0 Å². The fourth-order valence-electron chi connectivity index (χ4n) is 0.842. The summed E-state index contributed by atoms with van der Waals surface area (Å²) in [5.74, 6) is -1.63.